The zero-order valence-electron chi connectivity index (χ0n) is 10.4. The molecule has 0 aromatic heterocycles. The predicted molar refractivity (Wildman–Crippen MR) is 61.9 cm³/mol. The molecular weight excluding hydrogens is 208 g/mol. The van der Waals surface area contributed by atoms with Crippen LogP contribution in [0.1, 0.15) is 27.7 Å². The Balaban J connectivity index is 4.50. The Morgan fingerprint density at radius 1 is 1.31 bits per heavy atom. The van der Waals surface area contributed by atoms with Crippen LogP contribution in [-0.2, 0) is 9.59 Å². The SMILES string of the molecule is CCN(CC(C)C(=O)O)C(=O)C(C)C(C)N. The van der Waals surface area contributed by atoms with E-state index < -0.39 is 11.9 Å². The minimum absolute atomic E-state index is 0.0781. The quantitative estimate of drug-likeness (QED) is 0.697. The molecule has 3 N–H and O–H groups in total. The second-order valence-corrected chi connectivity index (χ2v) is 4.26. The van der Waals surface area contributed by atoms with Crippen LogP contribution in [0.4, 0.5) is 0 Å². The maximum absolute atomic E-state index is 11.9. The zero-order chi connectivity index (χ0) is 12.9. The highest BCUT2D eigenvalue weighted by atomic mass is 16.4. The number of aliphatic carboxylic acids is 1. The number of amides is 1. The van der Waals surface area contributed by atoms with E-state index >= 15 is 0 Å². The first-order valence-electron chi connectivity index (χ1n) is 5.58. The summed E-state index contributed by atoms with van der Waals surface area (Å²) in [7, 11) is 0. The first kappa shape index (κ1) is 14.9. The highest BCUT2D eigenvalue weighted by molar-refractivity contribution is 5.80. The number of carboxylic acids is 1. The molecule has 0 radical (unpaired) electrons. The number of carboxylic acid groups (broad SMARTS) is 1. The van der Waals surface area contributed by atoms with Crippen molar-refractivity contribution >= 4 is 11.9 Å². The minimum Gasteiger partial charge on any atom is -0.481 e. The van der Waals surface area contributed by atoms with Gasteiger partial charge in [0.25, 0.3) is 0 Å². The number of rotatable bonds is 6. The molecule has 0 aromatic carbocycles. The van der Waals surface area contributed by atoms with Crippen LogP contribution in [0.5, 0.6) is 0 Å². The topological polar surface area (TPSA) is 83.6 Å². The van der Waals surface area contributed by atoms with Crippen molar-refractivity contribution in [3.63, 3.8) is 0 Å². The average Bonchev–Trinajstić information content (AvgIpc) is 2.22. The fourth-order valence-electron chi connectivity index (χ4n) is 1.30. The molecule has 0 bridgehead atoms. The lowest BCUT2D eigenvalue weighted by molar-refractivity contribution is -0.143. The normalized spacial score (nSPS) is 16.3. The standard InChI is InChI=1S/C11H22N2O3/c1-5-13(6-7(2)11(15)16)10(14)8(3)9(4)12/h7-9H,5-6,12H2,1-4H3,(H,15,16). The van der Waals surface area contributed by atoms with Gasteiger partial charge in [-0.1, -0.05) is 13.8 Å². The lowest BCUT2D eigenvalue weighted by Gasteiger charge is -2.27. The first-order valence-corrected chi connectivity index (χ1v) is 5.58. The number of hydrogen-bond acceptors (Lipinski definition) is 3. The highest BCUT2D eigenvalue weighted by Gasteiger charge is 2.25. The molecule has 0 aliphatic rings. The zero-order valence-corrected chi connectivity index (χ0v) is 10.4. The Morgan fingerprint density at radius 3 is 2.12 bits per heavy atom. The van der Waals surface area contributed by atoms with Crippen LogP contribution >= 0.6 is 0 Å². The lowest BCUT2D eigenvalue weighted by atomic mass is 10.0. The van der Waals surface area contributed by atoms with E-state index in [9.17, 15) is 9.59 Å². The van der Waals surface area contributed by atoms with Crippen LogP contribution in [0, 0.1) is 11.8 Å². The molecule has 5 heteroatoms. The fraction of sp³-hybridized carbons (Fsp3) is 0.818. The van der Waals surface area contributed by atoms with Crippen LogP contribution in [0.25, 0.3) is 0 Å². The van der Waals surface area contributed by atoms with Crippen LogP contribution in [0.2, 0.25) is 0 Å². The predicted octanol–water partition coefficient (Wildman–Crippen LogP) is 0.539. The van der Waals surface area contributed by atoms with Gasteiger partial charge in [0, 0.05) is 19.1 Å². The summed E-state index contributed by atoms with van der Waals surface area (Å²) >= 11 is 0. The maximum Gasteiger partial charge on any atom is 0.308 e. The summed E-state index contributed by atoms with van der Waals surface area (Å²) in [4.78, 5) is 24.2. The van der Waals surface area contributed by atoms with Gasteiger partial charge in [-0.15, -0.1) is 0 Å². The van der Waals surface area contributed by atoms with E-state index in [0.29, 0.717) is 6.54 Å². The van der Waals surface area contributed by atoms with Gasteiger partial charge >= 0.3 is 5.97 Å². The molecule has 3 atom stereocenters. The third kappa shape index (κ3) is 4.18. The summed E-state index contributed by atoms with van der Waals surface area (Å²) in [6.45, 7) is 7.71. The molecule has 0 aliphatic heterocycles. The Labute approximate surface area is 96.6 Å². The molecule has 0 saturated carbocycles. The molecular formula is C11H22N2O3. The summed E-state index contributed by atoms with van der Waals surface area (Å²) in [5.41, 5.74) is 5.66. The molecule has 0 heterocycles. The summed E-state index contributed by atoms with van der Waals surface area (Å²) < 4.78 is 0. The van der Waals surface area contributed by atoms with Crippen molar-refractivity contribution in [3.05, 3.63) is 0 Å². The van der Waals surface area contributed by atoms with Gasteiger partial charge in [0.05, 0.1) is 11.8 Å². The summed E-state index contributed by atoms with van der Waals surface area (Å²) in [6.07, 6.45) is 0. The molecule has 1 amide bonds. The summed E-state index contributed by atoms with van der Waals surface area (Å²) in [6, 6.07) is -0.221. The third-order valence-electron chi connectivity index (χ3n) is 2.79. The number of nitrogens with zero attached hydrogens (tertiary/aromatic N) is 1. The van der Waals surface area contributed by atoms with Crippen molar-refractivity contribution in [3.8, 4) is 0 Å². The van der Waals surface area contributed by atoms with Crippen molar-refractivity contribution in [2.24, 2.45) is 17.6 Å². The average molecular weight is 230 g/mol. The van der Waals surface area contributed by atoms with E-state index in [-0.39, 0.29) is 24.4 Å². The van der Waals surface area contributed by atoms with E-state index in [1.54, 1.807) is 25.7 Å². The van der Waals surface area contributed by atoms with E-state index in [2.05, 4.69) is 0 Å². The van der Waals surface area contributed by atoms with Crippen molar-refractivity contribution in [2.45, 2.75) is 33.7 Å². The minimum atomic E-state index is -0.889. The van der Waals surface area contributed by atoms with Crippen molar-refractivity contribution in [1.82, 2.24) is 4.90 Å². The monoisotopic (exact) mass is 230 g/mol. The largest absolute Gasteiger partial charge is 0.481 e. The van der Waals surface area contributed by atoms with Crippen LogP contribution in [0.3, 0.4) is 0 Å². The smallest absolute Gasteiger partial charge is 0.308 e. The number of carbonyl (C=O) groups excluding carboxylic acids is 1. The summed E-state index contributed by atoms with van der Waals surface area (Å²) in [5.74, 6) is -1.80. The first-order chi connectivity index (χ1) is 7.31. The summed E-state index contributed by atoms with van der Waals surface area (Å²) in [5, 5.41) is 8.79. The maximum atomic E-state index is 11.9. The van der Waals surface area contributed by atoms with E-state index in [4.69, 9.17) is 10.8 Å². The molecule has 5 nitrogen and oxygen atoms in total. The number of nitrogens with two attached hydrogens (primary N) is 1. The third-order valence-corrected chi connectivity index (χ3v) is 2.79. The van der Waals surface area contributed by atoms with Gasteiger partial charge in [0.15, 0.2) is 0 Å². The number of hydrogen-bond donors (Lipinski definition) is 2. The Hall–Kier alpha value is -1.10. The van der Waals surface area contributed by atoms with E-state index in [0.717, 1.165) is 0 Å². The molecule has 3 unspecified atom stereocenters. The van der Waals surface area contributed by atoms with Crippen LogP contribution in [0.15, 0.2) is 0 Å². The van der Waals surface area contributed by atoms with Crippen LogP contribution < -0.4 is 5.73 Å². The molecule has 0 fully saturated rings. The molecule has 16 heavy (non-hydrogen) atoms. The van der Waals surface area contributed by atoms with Gasteiger partial charge < -0.3 is 15.7 Å². The van der Waals surface area contributed by atoms with Gasteiger partial charge in [-0.05, 0) is 13.8 Å². The van der Waals surface area contributed by atoms with Crippen molar-refractivity contribution in [2.75, 3.05) is 13.1 Å². The van der Waals surface area contributed by atoms with Gasteiger partial charge in [0.1, 0.15) is 0 Å². The molecule has 0 rings (SSSR count). The molecule has 0 saturated heterocycles. The Bertz CT molecular complexity index is 254. The molecule has 0 spiro atoms. The van der Waals surface area contributed by atoms with E-state index in [1.807, 2.05) is 6.92 Å². The fourth-order valence-corrected chi connectivity index (χ4v) is 1.30. The Morgan fingerprint density at radius 2 is 1.81 bits per heavy atom. The Kier molecular flexibility index (Phi) is 6.03. The second kappa shape index (κ2) is 6.48. The van der Waals surface area contributed by atoms with Gasteiger partial charge in [0.2, 0.25) is 5.91 Å². The highest BCUT2D eigenvalue weighted by Crippen LogP contribution is 2.09. The lowest BCUT2D eigenvalue weighted by Crippen LogP contribution is -2.44. The molecule has 0 aromatic rings. The van der Waals surface area contributed by atoms with Gasteiger partial charge in [-0.25, -0.2) is 0 Å². The molecule has 94 valence electrons. The van der Waals surface area contributed by atoms with Gasteiger partial charge in [-0.3, -0.25) is 9.59 Å². The second-order valence-electron chi connectivity index (χ2n) is 4.26. The van der Waals surface area contributed by atoms with Gasteiger partial charge in [-0.2, -0.15) is 0 Å². The van der Waals surface area contributed by atoms with Crippen molar-refractivity contribution < 1.29 is 14.7 Å². The molecule has 0 aliphatic carbocycles. The number of carbonyl (C=O) groups is 2. The van der Waals surface area contributed by atoms with Crippen LogP contribution in [-0.4, -0.2) is 41.0 Å². The van der Waals surface area contributed by atoms with Crippen molar-refractivity contribution in [1.29, 1.82) is 0 Å². The van der Waals surface area contributed by atoms with E-state index in [1.165, 1.54) is 0 Å².